The molecule has 1 unspecified atom stereocenters. The fourth-order valence-electron chi connectivity index (χ4n) is 4.71. The number of nitrogens with zero attached hydrogens (tertiary/aromatic N) is 2. The topological polar surface area (TPSA) is 98.8 Å². The summed E-state index contributed by atoms with van der Waals surface area (Å²) in [5.41, 5.74) is -0.0368. The summed E-state index contributed by atoms with van der Waals surface area (Å²) in [4.78, 5) is 54.1. The number of carbonyl (C=O) groups excluding carboxylic acids is 4. The number of benzene rings is 1. The third-order valence-electron chi connectivity index (χ3n) is 6.48. The largest absolute Gasteiger partial charge is 0.339 e. The summed E-state index contributed by atoms with van der Waals surface area (Å²) in [7, 11) is 0. The summed E-state index contributed by atoms with van der Waals surface area (Å²) in [5.74, 6) is -0.934. The van der Waals surface area contributed by atoms with Crippen LogP contribution in [-0.2, 0) is 9.59 Å². The van der Waals surface area contributed by atoms with E-state index in [1.807, 2.05) is 0 Å². The molecule has 5 amide bonds. The number of rotatable bonds is 4. The van der Waals surface area contributed by atoms with E-state index < -0.39 is 23.5 Å². The Kier molecular flexibility index (Phi) is 5.49. The van der Waals surface area contributed by atoms with Crippen LogP contribution in [0.4, 0.5) is 10.5 Å². The molecule has 0 radical (unpaired) electrons. The molecule has 8 nitrogen and oxygen atoms in total. The van der Waals surface area contributed by atoms with Crippen LogP contribution in [0.2, 0.25) is 0 Å². The van der Waals surface area contributed by atoms with Crippen molar-refractivity contribution < 1.29 is 19.2 Å². The minimum atomic E-state index is -0.976. The van der Waals surface area contributed by atoms with Gasteiger partial charge in [0, 0.05) is 13.1 Å². The lowest BCUT2D eigenvalue weighted by atomic mass is 9.97. The first-order valence-electron chi connectivity index (χ1n) is 10.8. The van der Waals surface area contributed by atoms with E-state index in [0.717, 1.165) is 37.0 Å². The molecule has 8 heteroatoms. The van der Waals surface area contributed by atoms with Gasteiger partial charge in [-0.25, -0.2) is 9.69 Å². The summed E-state index contributed by atoms with van der Waals surface area (Å²) >= 11 is 0. The molecule has 2 N–H and O–H groups in total. The van der Waals surface area contributed by atoms with Gasteiger partial charge >= 0.3 is 6.03 Å². The SMILES string of the molecule is CC(C(=O)Nc1ccccc1C(=O)N1CCCCC1)N1C(=O)NC2(CCCC2)C1=O. The predicted molar refractivity (Wildman–Crippen MR) is 111 cm³/mol. The maximum Gasteiger partial charge on any atom is 0.325 e. The van der Waals surface area contributed by atoms with Crippen molar-refractivity contribution in [3.8, 4) is 0 Å². The van der Waals surface area contributed by atoms with Crippen LogP contribution in [0, 0.1) is 0 Å². The molecule has 0 bridgehead atoms. The third-order valence-corrected chi connectivity index (χ3v) is 6.48. The number of carbonyl (C=O) groups is 4. The summed E-state index contributed by atoms with van der Waals surface area (Å²) in [5, 5.41) is 5.56. The quantitative estimate of drug-likeness (QED) is 0.743. The Balaban J connectivity index is 1.49. The van der Waals surface area contributed by atoms with Gasteiger partial charge in [-0.2, -0.15) is 0 Å². The Morgan fingerprint density at radius 2 is 1.70 bits per heavy atom. The zero-order valence-electron chi connectivity index (χ0n) is 17.3. The van der Waals surface area contributed by atoms with Gasteiger partial charge in [-0.1, -0.05) is 25.0 Å². The molecule has 160 valence electrons. The van der Waals surface area contributed by atoms with Crippen molar-refractivity contribution in [1.29, 1.82) is 0 Å². The molecule has 1 aliphatic carbocycles. The first-order chi connectivity index (χ1) is 14.4. The monoisotopic (exact) mass is 412 g/mol. The van der Waals surface area contributed by atoms with Gasteiger partial charge < -0.3 is 15.5 Å². The number of piperidine rings is 1. The van der Waals surface area contributed by atoms with E-state index >= 15 is 0 Å². The van der Waals surface area contributed by atoms with Crippen molar-refractivity contribution in [2.75, 3.05) is 18.4 Å². The van der Waals surface area contributed by atoms with Crippen LogP contribution in [0.25, 0.3) is 0 Å². The Morgan fingerprint density at radius 1 is 1.03 bits per heavy atom. The Hall–Kier alpha value is -2.90. The molecule has 3 aliphatic rings. The van der Waals surface area contributed by atoms with Gasteiger partial charge in [-0.3, -0.25) is 14.4 Å². The summed E-state index contributed by atoms with van der Waals surface area (Å²) in [6.07, 6.45) is 6.05. The van der Waals surface area contributed by atoms with Gasteiger partial charge in [0.05, 0.1) is 11.3 Å². The maximum atomic E-state index is 12.9. The molecular formula is C22H28N4O4. The van der Waals surface area contributed by atoms with Crippen molar-refractivity contribution >= 4 is 29.4 Å². The lowest BCUT2D eigenvalue weighted by Gasteiger charge is -2.28. The molecular weight excluding hydrogens is 384 g/mol. The van der Waals surface area contributed by atoms with Gasteiger partial charge in [0.15, 0.2) is 0 Å². The number of likely N-dealkylation sites (tertiary alicyclic amines) is 1. The molecule has 2 heterocycles. The number of para-hydroxylation sites is 1. The highest BCUT2D eigenvalue weighted by atomic mass is 16.2. The minimum absolute atomic E-state index is 0.113. The number of hydrogen-bond donors (Lipinski definition) is 2. The lowest BCUT2D eigenvalue weighted by molar-refractivity contribution is -0.136. The Labute approximate surface area is 176 Å². The zero-order valence-corrected chi connectivity index (χ0v) is 17.3. The van der Waals surface area contributed by atoms with Crippen LogP contribution in [0.15, 0.2) is 24.3 Å². The van der Waals surface area contributed by atoms with Crippen LogP contribution < -0.4 is 10.6 Å². The molecule has 1 spiro atoms. The summed E-state index contributed by atoms with van der Waals surface area (Å²) < 4.78 is 0. The molecule has 30 heavy (non-hydrogen) atoms. The molecule has 1 aromatic carbocycles. The van der Waals surface area contributed by atoms with E-state index in [1.54, 1.807) is 29.2 Å². The fourth-order valence-corrected chi connectivity index (χ4v) is 4.71. The van der Waals surface area contributed by atoms with Crippen LogP contribution in [-0.4, -0.2) is 58.2 Å². The molecule has 0 aromatic heterocycles. The standard InChI is InChI=1S/C22H28N4O4/c1-15(26-20(29)22(24-21(26)30)11-5-6-12-22)18(27)23-17-10-4-3-9-16(17)19(28)25-13-7-2-8-14-25/h3-4,9-10,15H,2,5-8,11-14H2,1H3,(H,23,27)(H,24,30). The second-order valence-corrected chi connectivity index (χ2v) is 8.46. The molecule has 3 fully saturated rings. The van der Waals surface area contributed by atoms with Gasteiger partial charge in [0.25, 0.3) is 11.8 Å². The molecule has 1 atom stereocenters. The van der Waals surface area contributed by atoms with E-state index in [1.165, 1.54) is 6.92 Å². The van der Waals surface area contributed by atoms with Gasteiger partial charge in [-0.15, -0.1) is 0 Å². The van der Waals surface area contributed by atoms with Crippen LogP contribution >= 0.6 is 0 Å². The summed E-state index contributed by atoms with van der Waals surface area (Å²) in [6.45, 7) is 2.96. The van der Waals surface area contributed by atoms with E-state index in [4.69, 9.17) is 0 Å². The van der Waals surface area contributed by atoms with Gasteiger partial charge in [0.1, 0.15) is 11.6 Å². The highest BCUT2D eigenvalue weighted by Crippen LogP contribution is 2.36. The van der Waals surface area contributed by atoms with E-state index in [0.29, 0.717) is 37.2 Å². The fraction of sp³-hybridized carbons (Fsp3) is 0.545. The van der Waals surface area contributed by atoms with Crippen LogP contribution in [0.3, 0.4) is 0 Å². The van der Waals surface area contributed by atoms with Crippen LogP contribution in [0.1, 0.15) is 62.2 Å². The number of imide groups is 1. The van der Waals surface area contributed by atoms with Crippen molar-refractivity contribution in [3.63, 3.8) is 0 Å². The molecule has 1 aromatic rings. The normalized spacial score (nSPS) is 21.6. The van der Waals surface area contributed by atoms with Crippen molar-refractivity contribution in [2.45, 2.75) is 63.5 Å². The minimum Gasteiger partial charge on any atom is -0.339 e. The highest BCUT2D eigenvalue weighted by molar-refractivity contribution is 6.12. The molecule has 4 rings (SSSR count). The maximum absolute atomic E-state index is 12.9. The highest BCUT2D eigenvalue weighted by Gasteiger charge is 2.54. The van der Waals surface area contributed by atoms with Crippen molar-refractivity contribution in [3.05, 3.63) is 29.8 Å². The Morgan fingerprint density at radius 3 is 2.40 bits per heavy atom. The van der Waals surface area contributed by atoms with Crippen molar-refractivity contribution in [1.82, 2.24) is 15.1 Å². The second kappa shape index (κ2) is 8.08. The predicted octanol–water partition coefficient (Wildman–Crippen LogP) is 2.50. The second-order valence-electron chi connectivity index (χ2n) is 8.46. The zero-order chi connectivity index (χ0) is 21.3. The third kappa shape index (κ3) is 3.55. The van der Waals surface area contributed by atoms with Crippen LogP contribution in [0.5, 0.6) is 0 Å². The van der Waals surface area contributed by atoms with Crippen molar-refractivity contribution in [2.24, 2.45) is 0 Å². The molecule has 2 aliphatic heterocycles. The first kappa shape index (κ1) is 20.4. The number of anilines is 1. The average Bonchev–Trinajstić information content (AvgIpc) is 3.32. The van der Waals surface area contributed by atoms with E-state index in [-0.39, 0.29) is 11.8 Å². The smallest absolute Gasteiger partial charge is 0.325 e. The molecule has 1 saturated carbocycles. The number of hydrogen-bond acceptors (Lipinski definition) is 4. The Bertz CT molecular complexity index is 872. The number of amides is 5. The van der Waals surface area contributed by atoms with Gasteiger partial charge in [-0.05, 0) is 51.2 Å². The first-order valence-corrected chi connectivity index (χ1v) is 10.8. The summed E-state index contributed by atoms with van der Waals surface area (Å²) in [6, 6.07) is 5.37. The molecule has 2 saturated heterocycles. The number of urea groups is 1. The van der Waals surface area contributed by atoms with E-state index in [9.17, 15) is 19.2 Å². The average molecular weight is 412 g/mol. The van der Waals surface area contributed by atoms with Gasteiger partial charge in [0.2, 0.25) is 5.91 Å². The lowest BCUT2D eigenvalue weighted by Crippen LogP contribution is -2.48. The number of nitrogens with one attached hydrogen (secondary N) is 2. The van der Waals surface area contributed by atoms with E-state index in [2.05, 4.69) is 10.6 Å².